The first-order valence-electron chi connectivity index (χ1n) is 7.82. The molecule has 0 aromatic rings. The van der Waals surface area contributed by atoms with Gasteiger partial charge in [-0.15, -0.1) is 0 Å². The average Bonchev–Trinajstić information content (AvgIpc) is 2.29. The van der Waals surface area contributed by atoms with Gasteiger partial charge in [-0.05, 0) is 44.6 Å². The highest BCUT2D eigenvalue weighted by molar-refractivity contribution is 4.87. The van der Waals surface area contributed by atoms with Crippen LogP contribution in [0.25, 0.3) is 0 Å². The maximum absolute atomic E-state index is 3.58. The van der Waals surface area contributed by atoms with Crippen molar-refractivity contribution in [1.29, 1.82) is 0 Å². The van der Waals surface area contributed by atoms with E-state index in [1.807, 2.05) is 0 Å². The largest absolute Gasteiger partial charge is 0.314 e. The highest BCUT2D eigenvalue weighted by Crippen LogP contribution is 2.30. The molecule has 1 rings (SSSR count). The van der Waals surface area contributed by atoms with Crippen LogP contribution in [0.15, 0.2) is 0 Å². The molecule has 18 heavy (non-hydrogen) atoms. The lowest BCUT2D eigenvalue weighted by Crippen LogP contribution is -2.53. The predicted molar refractivity (Wildman–Crippen MR) is 80.9 cm³/mol. The summed E-state index contributed by atoms with van der Waals surface area (Å²) in [6.07, 6.45) is 1.39. The molecule has 2 nitrogen and oxygen atoms in total. The van der Waals surface area contributed by atoms with Crippen LogP contribution in [0, 0.1) is 17.8 Å². The van der Waals surface area contributed by atoms with Crippen molar-refractivity contribution in [2.45, 2.75) is 73.0 Å². The van der Waals surface area contributed by atoms with Crippen molar-refractivity contribution in [3.05, 3.63) is 0 Å². The van der Waals surface area contributed by atoms with Gasteiger partial charge in [0.1, 0.15) is 0 Å². The summed E-state index contributed by atoms with van der Waals surface area (Å²) in [4.78, 5) is 2.74. The number of nitrogens with one attached hydrogen (secondary N) is 1. The zero-order valence-corrected chi connectivity index (χ0v) is 13.5. The van der Waals surface area contributed by atoms with E-state index in [-0.39, 0.29) is 0 Å². The lowest BCUT2D eigenvalue weighted by atomic mass is 9.83. The summed E-state index contributed by atoms with van der Waals surface area (Å²) in [5.74, 6) is 2.40. The second-order valence-electron chi connectivity index (χ2n) is 7.04. The van der Waals surface area contributed by atoms with E-state index >= 15 is 0 Å². The maximum atomic E-state index is 3.58. The Balaban J connectivity index is 2.55. The Morgan fingerprint density at radius 3 is 2.28 bits per heavy atom. The summed E-state index contributed by atoms with van der Waals surface area (Å²) in [7, 11) is 0. The molecule has 5 unspecified atom stereocenters. The van der Waals surface area contributed by atoms with Gasteiger partial charge >= 0.3 is 0 Å². The van der Waals surface area contributed by atoms with Crippen LogP contribution in [0.2, 0.25) is 0 Å². The lowest BCUT2D eigenvalue weighted by Gasteiger charge is -2.46. The van der Waals surface area contributed by atoms with Gasteiger partial charge in [-0.3, -0.25) is 4.90 Å². The topological polar surface area (TPSA) is 15.3 Å². The molecule has 1 fully saturated rings. The van der Waals surface area contributed by atoms with Crippen molar-refractivity contribution in [2.24, 2.45) is 17.8 Å². The van der Waals surface area contributed by atoms with Gasteiger partial charge in [0, 0.05) is 24.7 Å². The highest BCUT2D eigenvalue weighted by Gasteiger charge is 2.33. The van der Waals surface area contributed by atoms with E-state index in [0.717, 1.165) is 24.4 Å². The van der Waals surface area contributed by atoms with Crippen molar-refractivity contribution < 1.29 is 0 Å². The second kappa shape index (κ2) is 6.91. The van der Waals surface area contributed by atoms with Gasteiger partial charge in [0.25, 0.3) is 0 Å². The van der Waals surface area contributed by atoms with Gasteiger partial charge < -0.3 is 5.32 Å². The number of rotatable bonds is 5. The van der Waals surface area contributed by atoms with Crippen LogP contribution in [0.4, 0.5) is 0 Å². The zero-order valence-electron chi connectivity index (χ0n) is 13.5. The van der Waals surface area contributed by atoms with Crippen LogP contribution < -0.4 is 5.32 Å². The van der Waals surface area contributed by atoms with Crippen molar-refractivity contribution >= 4 is 0 Å². The third kappa shape index (κ3) is 4.24. The minimum atomic E-state index is 0.594. The molecule has 0 amide bonds. The average molecular weight is 254 g/mol. The molecule has 1 aliphatic heterocycles. The van der Waals surface area contributed by atoms with Crippen LogP contribution in [0.5, 0.6) is 0 Å². The number of hydrogen-bond donors (Lipinski definition) is 1. The minimum absolute atomic E-state index is 0.594. The van der Waals surface area contributed by atoms with Gasteiger partial charge in [-0.2, -0.15) is 0 Å². The first-order chi connectivity index (χ1) is 8.32. The molecule has 0 radical (unpaired) electrons. The van der Waals surface area contributed by atoms with E-state index in [9.17, 15) is 0 Å². The first-order valence-corrected chi connectivity index (χ1v) is 7.82. The van der Waals surface area contributed by atoms with E-state index in [1.165, 1.54) is 13.0 Å². The smallest absolute Gasteiger partial charge is 0.0108 e. The van der Waals surface area contributed by atoms with E-state index in [2.05, 4.69) is 58.7 Å². The van der Waals surface area contributed by atoms with Crippen LogP contribution in [-0.2, 0) is 0 Å². The Hall–Kier alpha value is -0.0800. The molecule has 0 spiro atoms. The quantitative estimate of drug-likeness (QED) is 0.809. The molecule has 1 N–H and O–H groups in total. The lowest BCUT2D eigenvalue weighted by molar-refractivity contribution is 0.0267. The Kier molecular flexibility index (Phi) is 6.13. The summed E-state index contributed by atoms with van der Waals surface area (Å²) in [5.41, 5.74) is 0. The monoisotopic (exact) mass is 254 g/mol. The van der Waals surface area contributed by atoms with Crippen molar-refractivity contribution in [3.8, 4) is 0 Å². The number of piperidine rings is 1. The Labute approximate surface area is 115 Å². The van der Waals surface area contributed by atoms with Gasteiger partial charge in [-0.1, -0.05) is 34.6 Å². The zero-order chi connectivity index (χ0) is 13.9. The number of nitrogens with zero attached hydrogens (tertiary/aromatic N) is 1. The normalized spacial score (nSPS) is 33.7. The molecule has 0 aromatic heterocycles. The molecule has 1 aliphatic rings. The summed E-state index contributed by atoms with van der Waals surface area (Å²) < 4.78 is 0. The van der Waals surface area contributed by atoms with Crippen molar-refractivity contribution in [3.63, 3.8) is 0 Å². The van der Waals surface area contributed by atoms with E-state index in [4.69, 9.17) is 0 Å². The Morgan fingerprint density at radius 2 is 1.72 bits per heavy atom. The summed E-state index contributed by atoms with van der Waals surface area (Å²) in [6, 6.07) is 2.01. The Morgan fingerprint density at radius 1 is 1.11 bits per heavy atom. The van der Waals surface area contributed by atoms with Crippen molar-refractivity contribution in [2.75, 3.05) is 13.1 Å². The molecular formula is C16H34N2. The molecule has 5 atom stereocenters. The number of likely N-dealkylation sites (tertiary alicyclic amines) is 1. The fourth-order valence-corrected chi connectivity index (χ4v) is 3.22. The predicted octanol–water partition coefficient (Wildman–Crippen LogP) is 3.38. The summed E-state index contributed by atoms with van der Waals surface area (Å²) >= 11 is 0. The molecule has 0 bridgehead atoms. The molecule has 1 heterocycles. The van der Waals surface area contributed by atoms with E-state index in [0.29, 0.717) is 18.0 Å². The Bertz CT molecular complexity index is 239. The molecule has 108 valence electrons. The van der Waals surface area contributed by atoms with Gasteiger partial charge in [-0.25, -0.2) is 0 Å². The SMILES string of the molecule is CC1CC(C)C(C)N(C(C)C(C)CNC(C)C)C1. The van der Waals surface area contributed by atoms with Gasteiger partial charge in [0.2, 0.25) is 0 Å². The molecule has 0 aliphatic carbocycles. The molecule has 1 saturated heterocycles. The molecule has 0 aromatic carbocycles. The van der Waals surface area contributed by atoms with Crippen molar-refractivity contribution in [1.82, 2.24) is 10.2 Å². The first kappa shape index (κ1) is 16.0. The molecule has 2 heteroatoms. The van der Waals surface area contributed by atoms with Gasteiger partial charge in [0.05, 0.1) is 0 Å². The standard InChI is InChI=1S/C16H34N2/c1-11(2)17-9-14(5)16(7)18-10-12(3)8-13(4)15(18)6/h11-17H,8-10H2,1-7H3. The summed E-state index contributed by atoms with van der Waals surface area (Å²) in [5, 5.41) is 3.58. The second-order valence-corrected chi connectivity index (χ2v) is 7.04. The third-order valence-electron chi connectivity index (χ3n) is 4.84. The van der Waals surface area contributed by atoms with E-state index in [1.54, 1.807) is 0 Å². The van der Waals surface area contributed by atoms with Crippen LogP contribution in [0.3, 0.4) is 0 Å². The van der Waals surface area contributed by atoms with E-state index < -0.39 is 0 Å². The van der Waals surface area contributed by atoms with Crippen LogP contribution in [-0.4, -0.2) is 36.1 Å². The van der Waals surface area contributed by atoms with Crippen LogP contribution >= 0.6 is 0 Å². The maximum Gasteiger partial charge on any atom is 0.0108 e. The third-order valence-corrected chi connectivity index (χ3v) is 4.84. The minimum Gasteiger partial charge on any atom is -0.314 e. The van der Waals surface area contributed by atoms with Gasteiger partial charge in [0.15, 0.2) is 0 Å². The number of hydrogen-bond acceptors (Lipinski definition) is 2. The highest BCUT2D eigenvalue weighted by atomic mass is 15.2. The molecule has 0 saturated carbocycles. The fraction of sp³-hybridized carbons (Fsp3) is 1.00. The summed E-state index contributed by atoms with van der Waals surface area (Å²) in [6.45, 7) is 18.9. The van der Waals surface area contributed by atoms with Crippen LogP contribution in [0.1, 0.15) is 54.9 Å². The molecular weight excluding hydrogens is 220 g/mol. The fourth-order valence-electron chi connectivity index (χ4n) is 3.22.